The number of hydrogen-bond donors (Lipinski definition) is 0. The van der Waals surface area contributed by atoms with Crippen LogP contribution in [0, 0.1) is 0 Å². The molecule has 24 heavy (non-hydrogen) atoms. The molecule has 0 spiro atoms. The lowest BCUT2D eigenvalue weighted by Crippen LogP contribution is -1.88. The normalized spacial score (nSPS) is 12.4. The lowest BCUT2D eigenvalue weighted by atomic mass is 9.92. The summed E-state index contributed by atoms with van der Waals surface area (Å²) in [6, 6.07) is 26.7. The molecule has 0 aliphatic carbocycles. The first kappa shape index (κ1) is 12.4. The predicted molar refractivity (Wildman–Crippen MR) is 104 cm³/mol. The molecule has 1 heteroatoms. The first-order chi connectivity index (χ1) is 11.8. The second kappa shape index (κ2) is 4.07. The molecule has 0 saturated heterocycles. The molecule has 5 aromatic carbocycles. The molecule has 112 valence electrons. The van der Waals surface area contributed by atoms with Crippen LogP contribution >= 0.6 is 0 Å². The van der Waals surface area contributed by atoms with Crippen molar-refractivity contribution >= 4 is 54.1 Å². The summed E-state index contributed by atoms with van der Waals surface area (Å²) >= 11 is 0. The molecule has 0 amide bonds. The quantitative estimate of drug-likeness (QED) is 0.293. The molecule has 1 aromatic heterocycles. The molecule has 0 saturated carbocycles. The summed E-state index contributed by atoms with van der Waals surface area (Å²) in [5.74, 6) is 0. The Morgan fingerprint density at radius 2 is 1.29 bits per heavy atom. The monoisotopic (exact) mass is 305 g/mol. The maximum Gasteiger partial charge on any atom is 0.0501 e. The van der Waals surface area contributed by atoms with Gasteiger partial charge >= 0.3 is 0 Å². The standard InChI is InChI=1S/C23H15N/c1-24-19-8-3-2-7-17(19)23-18-12-11-15-6-4-5-14-9-10-16(13-20(23)24)22(18)21(14)15/h2-13H,1H3. The van der Waals surface area contributed by atoms with Gasteiger partial charge < -0.3 is 4.57 Å². The Hall–Kier alpha value is -3.06. The van der Waals surface area contributed by atoms with E-state index < -0.39 is 0 Å². The van der Waals surface area contributed by atoms with Crippen LogP contribution < -0.4 is 0 Å². The largest absolute Gasteiger partial charge is 0.344 e. The van der Waals surface area contributed by atoms with Crippen molar-refractivity contribution in [1.82, 2.24) is 4.57 Å². The second-order valence-corrected chi connectivity index (χ2v) is 6.70. The average Bonchev–Trinajstić information content (AvgIpc) is 2.92. The summed E-state index contributed by atoms with van der Waals surface area (Å²) in [4.78, 5) is 0. The fourth-order valence-corrected chi connectivity index (χ4v) is 4.45. The highest BCUT2D eigenvalue weighted by Crippen LogP contribution is 2.41. The summed E-state index contributed by atoms with van der Waals surface area (Å²) in [5.41, 5.74) is 2.60. The molecule has 0 aliphatic heterocycles. The lowest BCUT2D eigenvalue weighted by Gasteiger charge is -2.12. The Morgan fingerprint density at radius 3 is 2.17 bits per heavy atom. The van der Waals surface area contributed by atoms with E-state index in [9.17, 15) is 0 Å². The third-order valence-electron chi connectivity index (χ3n) is 5.52. The van der Waals surface area contributed by atoms with E-state index in [1.165, 1.54) is 54.1 Å². The number of fused-ring (bicyclic) bond motifs is 4. The van der Waals surface area contributed by atoms with Crippen LogP contribution in [0.4, 0.5) is 0 Å². The van der Waals surface area contributed by atoms with Crippen molar-refractivity contribution < 1.29 is 0 Å². The summed E-state index contributed by atoms with van der Waals surface area (Å²) in [6.45, 7) is 0. The molecule has 0 atom stereocenters. The Labute approximate surface area is 139 Å². The van der Waals surface area contributed by atoms with Crippen LogP contribution in [0.25, 0.3) is 54.1 Å². The van der Waals surface area contributed by atoms with E-state index in [-0.39, 0.29) is 0 Å². The Balaban J connectivity index is 2.05. The molecule has 0 bridgehead atoms. The number of nitrogens with zero attached hydrogens (tertiary/aromatic N) is 1. The predicted octanol–water partition coefficient (Wildman–Crippen LogP) is 6.23. The van der Waals surface area contributed by atoms with E-state index in [2.05, 4.69) is 84.4 Å². The van der Waals surface area contributed by atoms with Gasteiger partial charge in [-0.25, -0.2) is 0 Å². The van der Waals surface area contributed by atoms with E-state index in [4.69, 9.17) is 0 Å². The summed E-state index contributed by atoms with van der Waals surface area (Å²) in [6.07, 6.45) is 0. The number of rotatable bonds is 0. The van der Waals surface area contributed by atoms with Gasteiger partial charge in [0.15, 0.2) is 0 Å². The average molecular weight is 305 g/mol. The van der Waals surface area contributed by atoms with E-state index in [0.29, 0.717) is 0 Å². The van der Waals surface area contributed by atoms with Gasteiger partial charge in [-0.05, 0) is 44.5 Å². The van der Waals surface area contributed by atoms with Crippen LogP contribution in [0.15, 0.2) is 72.8 Å². The Kier molecular flexibility index (Phi) is 2.10. The fourth-order valence-electron chi connectivity index (χ4n) is 4.45. The first-order valence-electron chi connectivity index (χ1n) is 8.36. The number of hydrogen-bond acceptors (Lipinski definition) is 0. The van der Waals surface area contributed by atoms with Crippen LogP contribution in [0.5, 0.6) is 0 Å². The van der Waals surface area contributed by atoms with Crippen molar-refractivity contribution in [3.8, 4) is 0 Å². The highest BCUT2D eigenvalue weighted by molar-refractivity contribution is 6.32. The van der Waals surface area contributed by atoms with Crippen LogP contribution in [0.2, 0.25) is 0 Å². The molecule has 0 radical (unpaired) electrons. The highest BCUT2D eigenvalue weighted by atomic mass is 14.9. The second-order valence-electron chi connectivity index (χ2n) is 6.70. The van der Waals surface area contributed by atoms with Crippen molar-refractivity contribution in [2.24, 2.45) is 7.05 Å². The molecule has 0 aliphatic rings. The fraction of sp³-hybridized carbons (Fsp3) is 0.0435. The van der Waals surface area contributed by atoms with Crippen LogP contribution in [-0.4, -0.2) is 4.57 Å². The van der Waals surface area contributed by atoms with Crippen molar-refractivity contribution in [2.75, 3.05) is 0 Å². The molecule has 6 rings (SSSR count). The minimum atomic E-state index is 1.29. The molecule has 0 unspecified atom stereocenters. The lowest BCUT2D eigenvalue weighted by molar-refractivity contribution is 1.02. The minimum absolute atomic E-state index is 1.29. The van der Waals surface area contributed by atoms with Crippen molar-refractivity contribution in [3.63, 3.8) is 0 Å². The summed E-state index contributed by atoms with van der Waals surface area (Å²) < 4.78 is 2.32. The van der Waals surface area contributed by atoms with Gasteiger partial charge in [0.05, 0.1) is 5.52 Å². The maximum absolute atomic E-state index is 2.35. The molecule has 0 fully saturated rings. The molecular weight excluding hydrogens is 290 g/mol. The van der Waals surface area contributed by atoms with Crippen molar-refractivity contribution in [2.45, 2.75) is 0 Å². The number of para-hydroxylation sites is 1. The SMILES string of the molecule is Cn1c2ccccc2c2c3ccc4cccc5ccc(cc21)c3c54. The zero-order chi connectivity index (χ0) is 15.8. The van der Waals surface area contributed by atoms with Gasteiger partial charge in [0, 0.05) is 23.3 Å². The zero-order valence-corrected chi connectivity index (χ0v) is 13.4. The van der Waals surface area contributed by atoms with E-state index in [1.807, 2.05) is 0 Å². The van der Waals surface area contributed by atoms with Crippen molar-refractivity contribution in [1.29, 1.82) is 0 Å². The van der Waals surface area contributed by atoms with Gasteiger partial charge in [-0.2, -0.15) is 0 Å². The minimum Gasteiger partial charge on any atom is -0.344 e. The third-order valence-corrected chi connectivity index (χ3v) is 5.52. The smallest absolute Gasteiger partial charge is 0.0501 e. The van der Waals surface area contributed by atoms with Crippen LogP contribution in [0.3, 0.4) is 0 Å². The molecule has 0 N–H and O–H groups in total. The number of aromatic nitrogens is 1. The Morgan fingerprint density at radius 1 is 0.542 bits per heavy atom. The zero-order valence-electron chi connectivity index (χ0n) is 13.4. The van der Waals surface area contributed by atoms with Crippen LogP contribution in [0.1, 0.15) is 0 Å². The van der Waals surface area contributed by atoms with E-state index in [1.54, 1.807) is 0 Å². The number of aryl methyl sites for hydroxylation is 1. The van der Waals surface area contributed by atoms with Crippen molar-refractivity contribution in [3.05, 3.63) is 72.8 Å². The maximum atomic E-state index is 2.35. The molecule has 1 heterocycles. The summed E-state index contributed by atoms with van der Waals surface area (Å²) in [5, 5.41) is 10.8. The summed E-state index contributed by atoms with van der Waals surface area (Å²) in [7, 11) is 2.17. The molecular formula is C23H15N. The van der Waals surface area contributed by atoms with Gasteiger partial charge in [0.25, 0.3) is 0 Å². The molecule has 6 aromatic rings. The first-order valence-corrected chi connectivity index (χ1v) is 8.36. The van der Waals surface area contributed by atoms with Gasteiger partial charge in [0.1, 0.15) is 0 Å². The number of benzene rings is 5. The molecule has 1 nitrogen and oxygen atoms in total. The van der Waals surface area contributed by atoms with E-state index in [0.717, 1.165) is 0 Å². The third kappa shape index (κ3) is 1.32. The highest BCUT2D eigenvalue weighted by Gasteiger charge is 2.15. The van der Waals surface area contributed by atoms with Gasteiger partial charge in [0.2, 0.25) is 0 Å². The van der Waals surface area contributed by atoms with Crippen LogP contribution in [-0.2, 0) is 7.05 Å². The Bertz CT molecular complexity index is 1390. The van der Waals surface area contributed by atoms with E-state index >= 15 is 0 Å². The van der Waals surface area contributed by atoms with Gasteiger partial charge in [-0.15, -0.1) is 0 Å². The topological polar surface area (TPSA) is 4.93 Å². The van der Waals surface area contributed by atoms with Gasteiger partial charge in [-0.3, -0.25) is 0 Å². The van der Waals surface area contributed by atoms with Gasteiger partial charge in [-0.1, -0.05) is 60.7 Å².